The third kappa shape index (κ3) is 2.16. The van der Waals surface area contributed by atoms with E-state index >= 15 is 0 Å². The molecule has 2 unspecified atom stereocenters. The molecule has 0 aliphatic carbocycles. The fraction of sp³-hybridized carbons (Fsp3) is 0.909. The number of hydrogen-bond donors (Lipinski definition) is 0. The Bertz CT molecular complexity index is 248. The van der Waals surface area contributed by atoms with E-state index in [1.807, 2.05) is 0 Å². The van der Waals surface area contributed by atoms with Crippen molar-refractivity contribution in [1.29, 1.82) is 0 Å². The number of ether oxygens (including phenoxy) is 2. The molecule has 2 fully saturated rings. The zero-order valence-corrected chi connectivity index (χ0v) is 9.49. The number of hydrogen-bond acceptors (Lipinski definition) is 4. The lowest BCUT2D eigenvalue weighted by atomic mass is 9.96. The van der Waals surface area contributed by atoms with Crippen molar-refractivity contribution in [3.05, 3.63) is 0 Å². The predicted octanol–water partition coefficient (Wildman–Crippen LogP) is 0.803. The summed E-state index contributed by atoms with van der Waals surface area (Å²) in [6.45, 7) is 4.82. The first kappa shape index (κ1) is 10.9. The van der Waals surface area contributed by atoms with Crippen LogP contribution in [0.1, 0.15) is 26.2 Å². The van der Waals surface area contributed by atoms with Crippen LogP contribution in [-0.4, -0.2) is 49.3 Å². The first-order valence-electron chi connectivity index (χ1n) is 5.60. The predicted molar refractivity (Wildman–Crippen MR) is 55.6 cm³/mol. The van der Waals surface area contributed by atoms with Crippen molar-refractivity contribution in [2.24, 2.45) is 0 Å². The van der Waals surface area contributed by atoms with Gasteiger partial charge in [-0.15, -0.1) is 0 Å². The molecule has 0 spiro atoms. The molecular weight excluding hydrogens is 194 g/mol. The van der Waals surface area contributed by atoms with E-state index in [4.69, 9.17) is 9.47 Å². The highest BCUT2D eigenvalue weighted by Gasteiger charge is 2.41. The molecule has 2 rings (SSSR count). The molecule has 15 heavy (non-hydrogen) atoms. The molecule has 0 aromatic rings. The Balaban J connectivity index is 1.87. The van der Waals surface area contributed by atoms with Crippen LogP contribution in [0.2, 0.25) is 0 Å². The number of esters is 1. The fourth-order valence-electron chi connectivity index (χ4n) is 2.42. The van der Waals surface area contributed by atoms with E-state index in [2.05, 4.69) is 11.8 Å². The van der Waals surface area contributed by atoms with Crippen LogP contribution in [0.25, 0.3) is 0 Å². The van der Waals surface area contributed by atoms with E-state index in [1.54, 1.807) is 0 Å². The van der Waals surface area contributed by atoms with Gasteiger partial charge in [-0.25, -0.2) is 0 Å². The normalized spacial score (nSPS) is 36.3. The Kier molecular flexibility index (Phi) is 2.98. The summed E-state index contributed by atoms with van der Waals surface area (Å²) in [4.78, 5) is 13.5. The Morgan fingerprint density at radius 3 is 2.93 bits per heavy atom. The number of rotatable bonds is 3. The Morgan fingerprint density at radius 2 is 2.47 bits per heavy atom. The summed E-state index contributed by atoms with van der Waals surface area (Å²) in [6.07, 6.45) is 3.15. The van der Waals surface area contributed by atoms with E-state index < -0.39 is 0 Å². The van der Waals surface area contributed by atoms with Crippen molar-refractivity contribution in [2.75, 3.05) is 26.8 Å². The van der Waals surface area contributed by atoms with Gasteiger partial charge in [-0.05, 0) is 26.2 Å². The molecule has 2 heterocycles. The molecule has 0 radical (unpaired) electrons. The number of carbonyl (C=O) groups is 1. The molecular formula is C11H19NO3. The zero-order valence-electron chi connectivity index (χ0n) is 9.49. The van der Waals surface area contributed by atoms with Gasteiger partial charge in [0.1, 0.15) is 6.04 Å². The van der Waals surface area contributed by atoms with Gasteiger partial charge in [0.2, 0.25) is 0 Å². The van der Waals surface area contributed by atoms with Crippen LogP contribution in [0.3, 0.4) is 0 Å². The highest BCUT2D eigenvalue weighted by molar-refractivity contribution is 5.76. The van der Waals surface area contributed by atoms with Crippen molar-refractivity contribution in [1.82, 2.24) is 4.90 Å². The second-order valence-electron chi connectivity index (χ2n) is 4.70. The molecule has 0 saturated carbocycles. The van der Waals surface area contributed by atoms with Gasteiger partial charge >= 0.3 is 5.97 Å². The van der Waals surface area contributed by atoms with Crippen LogP contribution in [-0.2, 0) is 14.3 Å². The summed E-state index contributed by atoms with van der Waals surface area (Å²) < 4.78 is 10.5. The molecule has 0 aromatic heterocycles. The van der Waals surface area contributed by atoms with Crippen LogP contribution < -0.4 is 0 Å². The zero-order chi connectivity index (χ0) is 10.9. The molecule has 0 aromatic carbocycles. The van der Waals surface area contributed by atoms with Crippen molar-refractivity contribution in [3.63, 3.8) is 0 Å². The largest absolute Gasteiger partial charge is 0.468 e. The highest BCUT2D eigenvalue weighted by atomic mass is 16.5. The van der Waals surface area contributed by atoms with Crippen molar-refractivity contribution < 1.29 is 14.3 Å². The van der Waals surface area contributed by atoms with Gasteiger partial charge in [0, 0.05) is 19.7 Å². The highest BCUT2D eigenvalue weighted by Crippen LogP contribution is 2.30. The molecule has 0 amide bonds. The second-order valence-corrected chi connectivity index (χ2v) is 4.70. The average Bonchev–Trinajstić information content (AvgIpc) is 2.60. The maximum Gasteiger partial charge on any atom is 0.323 e. The summed E-state index contributed by atoms with van der Waals surface area (Å²) in [5.41, 5.74) is -0.0489. The van der Waals surface area contributed by atoms with E-state index in [-0.39, 0.29) is 17.6 Å². The molecule has 4 nitrogen and oxygen atoms in total. The van der Waals surface area contributed by atoms with Gasteiger partial charge in [0.15, 0.2) is 0 Å². The van der Waals surface area contributed by atoms with Crippen molar-refractivity contribution in [2.45, 2.75) is 37.8 Å². The monoisotopic (exact) mass is 213 g/mol. The van der Waals surface area contributed by atoms with Crippen molar-refractivity contribution in [3.8, 4) is 0 Å². The third-order valence-electron chi connectivity index (χ3n) is 3.44. The van der Waals surface area contributed by atoms with Crippen LogP contribution >= 0.6 is 0 Å². The van der Waals surface area contributed by atoms with E-state index in [9.17, 15) is 4.79 Å². The van der Waals surface area contributed by atoms with E-state index in [0.29, 0.717) is 0 Å². The van der Waals surface area contributed by atoms with Crippen LogP contribution in [0.15, 0.2) is 0 Å². The summed E-state index contributed by atoms with van der Waals surface area (Å²) in [5, 5.41) is 0. The summed E-state index contributed by atoms with van der Waals surface area (Å²) in [5.74, 6) is -0.108. The van der Waals surface area contributed by atoms with Gasteiger partial charge in [-0.3, -0.25) is 9.69 Å². The van der Waals surface area contributed by atoms with Crippen LogP contribution in [0.5, 0.6) is 0 Å². The summed E-state index contributed by atoms with van der Waals surface area (Å²) >= 11 is 0. The quantitative estimate of drug-likeness (QED) is 0.650. The van der Waals surface area contributed by atoms with E-state index in [1.165, 1.54) is 7.11 Å². The van der Waals surface area contributed by atoms with Gasteiger partial charge in [-0.2, -0.15) is 0 Å². The fourth-order valence-corrected chi connectivity index (χ4v) is 2.42. The minimum absolute atomic E-state index is 0.0315. The second kappa shape index (κ2) is 4.10. The standard InChI is InChI=1S/C11H19NO3/c1-11(5-3-7-15-11)8-12-6-4-9(12)10(13)14-2/h9H,3-8H2,1-2H3. The maximum atomic E-state index is 11.4. The Hall–Kier alpha value is -0.610. The third-order valence-corrected chi connectivity index (χ3v) is 3.44. The van der Waals surface area contributed by atoms with Gasteiger partial charge in [0.25, 0.3) is 0 Å². The number of carbonyl (C=O) groups excluding carboxylic acids is 1. The SMILES string of the molecule is COC(=O)C1CCN1CC1(C)CCCO1. The molecule has 2 aliphatic rings. The van der Waals surface area contributed by atoms with Crippen molar-refractivity contribution >= 4 is 5.97 Å². The lowest BCUT2D eigenvalue weighted by Gasteiger charge is -2.42. The maximum absolute atomic E-state index is 11.4. The van der Waals surface area contributed by atoms with E-state index in [0.717, 1.165) is 39.0 Å². The first-order chi connectivity index (χ1) is 7.14. The molecule has 0 bridgehead atoms. The number of methoxy groups -OCH3 is 1. The smallest absolute Gasteiger partial charge is 0.323 e. The number of likely N-dealkylation sites (tertiary alicyclic amines) is 1. The molecule has 2 atom stereocenters. The molecule has 2 aliphatic heterocycles. The minimum Gasteiger partial charge on any atom is -0.468 e. The molecule has 0 N–H and O–H groups in total. The van der Waals surface area contributed by atoms with Gasteiger partial charge in [0.05, 0.1) is 12.7 Å². The van der Waals surface area contributed by atoms with Gasteiger partial charge < -0.3 is 9.47 Å². The molecule has 4 heteroatoms. The molecule has 2 saturated heterocycles. The summed E-state index contributed by atoms with van der Waals surface area (Å²) in [6, 6.07) is -0.0315. The number of nitrogens with zero attached hydrogens (tertiary/aromatic N) is 1. The average molecular weight is 213 g/mol. The Morgan fingerprint density at radius 1 is 1.67 bits per heavy atom. The molecule has 86 valence electrons. The lowest BCUT2D eigenvalue weighted by molar-refractivity contribution is -0.154. The minimum atomic E-state index is -0.108. The topological polar surface area (TPSA) is 38.8 Å². The Labute approximate surface area is 90.5 Å². The van der Waals surface area contributed by atoms with Gasteiger partial charge in [-0.1, -0.05) is 0 Å². The van der Waals surface area contributed by atoms with Crippen LogP contribution in [0, 0.1) is 0 Å². The summed E-state index contributed by atoms with van der Waals surface area (Å²) in [7, 11) is 1.45. The lowest BCUT2D eigenvalue weighted by Crippen LogP contribution is -2.57. The van der Waals surface area contributed by atoms with Crippen LogP contribution in [0.4, 0.5) is 0 Å². The first-order valence-corrected chi connectivity index (χ1v) is 5.60.